The Morgan fingerprint density at radius 1 is 1.25 bits per heavy atom. The van der Waals surface area contributed by atoms with Crippen LogP contribution in [-0.2, 0) is 5.41 Å². The molecular weight excluding hydrogens is 198 g/mol. The predicted octanol–water partition coefficient (Wildman–Crippen LogP) is 2.24. The normalized spacial score (nSPS) is 18.7. The second kappa shape index (κ2) is 4.50. The number of piperidine rings is 1. The number of nitrogens with zero attached hydrogens (tertiary/aromatic N) is 2. The lowest BCUT2D eigenvalue weighted by Crippen LogP contribution is -2.27. The molecule has 1 N–H and O–H groups in total. The fourth-order valence-corrected chi connectivity index (χ4v) is 2.08. The van der Waals surface area contributed by atoms with Crippen LogP contribution in [0.15, 0.2) is 12.3 Å². The fraction of sp³-hybridized carbons (Fsp3) is 0.692. The monoisotopic (exact) mass is 219 g/mol. The lowest BCUT2D eigenvalue weighted by atomic mass is 9.92. The maximum Gasteiger partial charge on any atom is 0.133 e. The van der Waals surface area contributed by atoms with Crippen LogP contribution in [-0.4, -0.2) is 23.1 Å². The molecule has 1 aliphatic heterocycles. The van der Waals surface area contributed by atoms with Crippen LogP contribution in [0.5, 0.6) is 0 Å². The van der Waals surface area contributed by atoms with Crippen molar-refractivity contribution in [3.63, 3.8) is 0 Å². The number of rotatable bonds is 1. The minimum absolute atomic E-state index is 0.0446. The van der Waals surface area contributed by atoms with Crippen LogP contribution in [0, 0.1) is 0 Å². The summed E-state index contributed by atoms with van der Waals surface area (Å²) in [6.07, 6.45) is 4.30. The van der Waals surface area contributed by atoms with Gasteiger partial charge in [0, 0.05) is 23.2 Å². The van der Waals surface area contributed by atoms with E-state index in [-0.39, 0.29) is 5.41 Å². The summed E-state index contributed by atoms with van der Waals surface area (Å²) in [6, 6.07) is 2.07. The molecular formula is C13H21N3. The lowest BCUT2D eigenvalue weighted by Gasteiger charge is -2.24. The van der Waals surface area contributed by atoms with E-state index in [4.69, 9.17) is 4.98 Å². The highest BCUT2D eigenvalue weighted by Gasteiger charge is 2.21. The van der Waals surface area contributed by atoms with Gasteiger partial charge in [0.15, 0.2) is 0 Å². The Kier molecular flexibility index (Phi) is 3.24. The molecule has 0 atom stereocenters. The second-order valence-electron chi connectivity index (χ2n) is 5.58. The van der Waals surface area contributed by atoms with Crippen LogP contribution in [0.25, 0.3) is 0 Å². The molecule has 1 fully saturated rings. The van der Waals surface area contributed by atoms with Crippen molar-refractivity contribution in [1.82, 2.24) is 15.3 Å². The Morgan fingerprint density at radius 2 is 1.94 bits per heavy atom. The maximum atomic E-state index is 4.73. The standard InChI is InChI=1S/C13H21N3/c1-13(2,3)12-15-9-6-11(16-12)10-4-7-14-8-5-10/h6,9-10,14H,4-5,7-8H2,1-3H3. The Bertz CT molecular complexity index is 348. The zero-order chi connectivity index (χ0) is 11.6. The smallest absolute Gasteiger partial charge is 0.133 e. The molecule has 1 aromatic rings. The molecule has 2 heterocycles. The third-order valence-electron chi connectivity index (χ3n) is 3.11. The van der Waals surface area contributed by atoms with E-state index in [1.807, 2.05) is 6.20 Å². The number of hydrogen-bond donors (Lipinski definition) is 1. The third kappa shape index (κ3) is 2.59. The van der Waals surface area contributed by atoms with Crippen molar-refractivity contribution < 1.29 is 0 Å². The summed E-state index contributed by atoms with van der Waals surface area (Å²) in [5.74, 6) is 1.58. The second-order valence-corrected chi connectivity index (χ2v) is 5.58. The third-order valence-corrected chi connectivity index (χ3v) is 3.11. The highest BCUT2D eigenvalue weighted by molar-refractivity contribution is 5.13. The van der Waals surface area contributed by atoms with Crippen LogP contribution in [0.2, 0.25) is 0 Å². The molecule has 0 saturated carbocycles. The summed E-state index contributed by atoms with van der Waals surface area (Å²) in [5, 5.41) is 3.39. The quantitative estimate of drug-likeness (QED) is 0.787. The highest BCUT2D eigenvalue weighted by Crippen LogP contribution is 2.25. The molecule has 0 bridgehead atoms. The Hall–Kier alpha value is -0.960. The van der Waals surface area contributed by atoms with Gasteiger partial charge in [0.05, 0.1) is 0 Å². The van der Waals surface area contributed by atoms with Gasteiger partial charge >= 0.3 is 0 Å². The largest absolute Gasteiger partial charge is 0.317 e. The van der Waals surface area contributed by atoms with Crippen LogP contribution in [0.4, 0.5) is 0 Å². The first-order valence-electron chi connectivity index (χ1n) is 6.11. The zero-order valence-electron chi connectivity index (χ0n) is 10.5. The molecule has 1 aromatic heterocycles. The molecule has 3 heteroatoms. The van der Waals surface area contributed by atoms with Crippen LogP contribution in [0.1, 0.15) is 51.0 Å². The van der Waals surface area contributed by atoms with Gasteiger partial charge in [-0.2, -0.15) is 0 Å². The maximum absolute atomic E-state index is 4.73. The van der Waals surface area contributed by atoms with E-state index in [1.54, 1.807) is 0 Å². The molecule has 1 saturated heterocycles. The lowest BCUT2D eigenvalue weighted by molar-refractivity contribution is 0.446. The van der Waals surface area contributed by atoms with Crippen molar-refractivity contribution in [1.29, 1.82) is 0 Å². The molecule has 2 rings (SSSR count). The van der Waals surface area contributed by atoms with E-state index < -0.39 is 0 Å². The van der Waals surface area contributed by atoms with E-state index in [1.165, 1.54) is 18.5 Å². The Morgan fingerprint density at radius 3 is 2.56 bits per heavy atom. The predicted molar refractivity (Wildman–Crippen MR) is 65.6 cm³/mol. The topological polar surface area (TPSA) is 37.8 Å². The van der Waals surface area contributed by atoms with E-state index >= 15 is 0 Å². The molecule has 0 aliphatic carbocycles. The van der Waals surface area contributed by atoms with Crippen molar-refractivity contribution in [3.05, 3.63) is 23.8 Å². The van der Waals surface area contributed by atoms with Gasteiger partial charge in [-0.15, -0.1) is 0 Å². The molecule has 3 nitrogen and oxygen atoms in total. The van der Waals surface area contributed by atoms with Gasteiger partial charge in [-0.05, 0) is 32.0 Å². The minimum atomic E-state index is 0.0446. The molecule has 16 heavy (non-hydrogen) atoms. The van der Waals surface area contributed by atoms with Gasteiger partial charge in [0.1, 0.15) is 5.82 Å². The van der Waals surface area contributed by atoms with Gasteiger partial charge < -0.3 is 5.32 Å². The first kappa shape index (κ1) is 11.5. The first-order chi connectivity index (χ1) is 7.57. The van der Waals surface area contributed by atoms with Crippen molar-refractivity contribution in [3.8, 4) is 0 Å². The number of nitrogens with one attached hydrogen (secondary N) is 1. The van der Waals surface area contributed by atoms with E-state index in [2.05, 4.69) is 37.1 Å². The molecule has 1 aliphatic rings. The Balaban J connectivity index is 2.21. The van der Waals surface area contributed by atoms with Crippen LogP contribution < -0.4 is 5.32 Å². The summed E-state index contributed by atoms with van der Waals surface area (Å²) in [7, 11) is 0. The molecule has 88 valence electrons. The first-order valence-corrected chi connectivity index (χ1v) is 6.11. The van der Waals surface area contributed by atoms with E-state index in [0.717, 1.165) is 18.9 Å². The Labute approximate surface area is 97.7 Å². The molecule has 0 spiro atoms. The summed E-state index contributed by atoms with van der Waals surface area (Å²) >= 11 is 0. The van der Waals surface area contributed by atoms with Gasteiger partial charge in [0.2, 0.25) is 0 Å². The van der Waals surface area contributed by atoms with E-state index in [9.17, 15) is 0 Å². The van der Waals surface area contributed by atoms with Gasteiger partial charge in [-0.1, -0.05) is 20.8 Å². The van der Waals surface area contributed by atoms with Gasteiger partial charge in [-0.3, -0.25) is 0 Å². The zero-order valence-corrected chi connectivity index (χ0v) is 10.5. The highest BCUT2D eigenvalue weighted by atomic mass is 14.9. The van der Waals surface area contributed by atoms with Gasteiger partial charge in [-0.25, -0.2) is 9.97 Å². The molecule has 0 amide bonds. The van der Waals surface area contributed by atoms with Crippen molar-refractivity contribution in [2.45, 2.75) is 44.9 Å². The van der Waals surface area contributed by atoms with Crippen molar-refractivity contribution in [2.24, 2.45) is 0 Å². The van der Waals surface area contributed by atoms with Crippen molar-refractivity contribution >= 4 is 0 Å². The van der Waals surface area contributed by atoms with Gasteiger partial charge in [0.25, 0.3) is 0 Å². The molecule has 0 radical (unpaired) electrons. The van der Waals surface area contributed by atoms with Crippen molar-refractivity contribution in [2.75, 3.05) is 13.1 Å². The summed E-state index contributed by atoms with van der Waals surface area (Å²) < 4.78 is 0. The summed E-state index contributed by atoms with van der Waals surface area (Å²) in [4.78, 5) is 9.11. The average molecular weight is 219 g/mol. The number of aromatic nitrogens is 2. The molecule has 0 aromatic carbocycles. The van der Waals surface area contributed by atoms with E-state index in [0.29, 0.717) is 5.92 Å². The van der Waals surface area contributed by atoms with Crippen LogP contribution in [0.3, 0.4) is 0 Å². The summed E-state index contributed by atoms with van der Waals surface area (Å²) in [6.45, 7) is 8.71. The SMILES string of the molecule is CC(C)(C)c1nccc(C2CCNCC2)n1. The van der Waals surface area contributed by atoms with Crippen LogP contribution >= 0.6 is 0 Å². The average Bonchev–Trinajstić information content (AvgIpc) is 2.29. The fourth-order valence-electron chi connectivity index (χ4n) is 2.08. The molecule has 0 unspecified atom stereocenters. The number of hydrogen-bond acceptors (Lipinski definition) is 3. The summed E-state index contributed by atoms with van der Waals surface area (Å²) in [5.41, 5.74) is 1.27. The minimum Gasteiger partial charge on any atom is -0.317 e.